The highest BCUT2D eigenvalue weighted by molar-refractivity contribution is 5.40. The third-order valence-electron chi connectivity index (χ3n) is 3.58. The smallest absolute Gasteiger partial charge is 0.123 e. The number of benzene rings is 2. The monoisotopic (exact) mass is 269 g/mol. The standard InChI is InChI=1S/C17H19NO2/c1-18-10-13-6-2-4-8-16(13)19-11-14-12-20-17-9-5-3-7-15(14)17/h2-9,14,18H,10-12H2,1H3. The maximum absolute atomic E-state index is 6.01. The predicted molar refractivity (Wildman–Crippen MR) is 79.4 cm³/mol. The van der Waals surface area contributed by atoms with Gasteiger partial charge in [0.15, 0.2) is 0 Å². The molecule has 1 aliphatic rings. The van der Waals surface area contributed by atoms with Crippen LogP contribution in [0.3, 0.4) is 0 Å². The van der Waals surface area contributed by atoms with E-state index in [2.05, 4.69) is 23.5 Å². The van der Waals surface area contributed by atoms with Gasteiger partial charge in [0.25, 0.3) is 0 Å². The average molecular weight is 269 g/mol. The van der Waals surface area contributed by atoms with Crippen LogP contribution in [0.5, 0.6) is 11.5 Å². The predicted octanol–water partition coefficient (Wildman–Crippen LogP) is 2.96. The minimum absolute atomic E-state index is 0.314. The molecule has 3 nitrogen and oxygen atoms in total. The van der Waals surface area contributed by atoms with E-state index in [0.717, 1.165) is 18.0 Å². The van der Waals surface area contributed by atoms with Gasteiger partial charge in [-0.05, 0) is 19.2 Å². The van der Waals surface area contributed by atoms with Gasteiger partial charge < -0.3 is 14.8 Å². The van der Waals surface area contributed by atoms with Gasteiger partial charge >= 0.3 is 0 Å². The molecule has 0 spiro atoms. The van der Waals surface area contributed by atoms with E-state index in [1.807, 2.05) is 37.4 Å². The molecule has 1 aliphatic heterocycles. The highest BCUT2D eigenvalue weighted by atomic mass is 16.5. The maximum atomic E-state index is 6.01. The van der Waals surface area contributed by atoms with Gasteiger partial charge in [0.05, 0.1) is 19.1 Å². The minimum Gasteiger partial charge on any atom is -0.493 e. The first kappa shape index (κ1) is 13.0. The zero-order chi connectivity index (χ0) is 13.8. The van der Waals surface area contributed by atoms with Crippen molar-refractivity contribution in [3.63, 3.8) is 0 Å². The molecule has 0 saturated heterocycles. The molecule has 2 aromatic rings. The highest BCUT2D eigenvalue weighted by Gasteiger charge is 2.24. The molecule has 1 atom stereocenters. The number of fused-ring (bicyclic) bond motifs is 1. The summed E-state index contributed by atoms with van der Waals surface area (Å²) in [5, 5.41) is 3.16. The summed E-state index contributed by atoms with van der Waals surface area (Å²) in [7, 11) is 1.94. The Kier molecular flexibility index (Phi) is 3.88. The van der Waals surface area contributed by atoms with Gasteiger partial charge in [-0.1, -0.05) is 36.4 Å². The third-order valence-corrected chi connectivity index (χ3v) is 3.58. The van der Waals surface area contributed by atoms with Crippen LogP contribution in [0.4, 0.5) is 0 Å². The molecule has 0 aliphatic carbocycles. The van der Waals surface area contributed by atoms with Crippen LogP contribution < -0.4 is 14.8 Å². The SMILES string of the molecule is CNCc1ccccc1OCC1COc2ccccc21. The van der Waals surface area contributed by atoms with Crippen LogP contribution in [0.2, 0.25) is 0 Å². The molecule has 20 heavy (non-hydrogen) atoms. The van der Waals surface area contributed by atoms with Crippen molar-refractivity contribution in [2.45, 2.75) is 12.5 Å². The number of ether oxygens (including phenoxy) is 2. The first-order valence-corrected chi connectivity index (χ1v) is 6.95. The summed E-state index contributed by atoms with van der Waals surface area (Å²) in [5.41, 5.74) is 2.43. The summed E-state index contributed by atoms with van der Waals surface area (Å²) in [6, 6.07) is 16.3. The van der Waals surface area contributed by atoms with Crippen molar-refractivity contribution in [1.29, 1.82) is 0 Å². The number of nitrogens with one attached hydrogen (secondary N) is 1. The lowest BCUT2D eigenvalue weighted by Gasteiger charge is -2.14. The second-order valence-corrected chi connectivity index (χ2v) is 4.99. The fourth-order valence-electron chi connectivity index (χ4n) is 2.54. The van der Waals surface area contributed by atoms with Crippen LogP contribution in [0.15, 0.2) is 48.5 Å². The molecule has 0 amide bonds. The van der Waals surface area contributed by atoms with Crippen molar-refractivity contribution < 1.29 is 9.47 Å². The summed E-state index contributed by atoms with van der Waals surface area (Å²) in [5.74, 6) is 2.25. The van der Waals surface area contributed by atoms with E-state index in [4.69, 9.17) is 9.47 Å². The molecule has 3 rings (SSSR count). The number of hydrogen-bond donors (Lipinski definition) is 1. The molecule has 1 heterocycles. The Morgan fingerprint density at radius 1 is 1.15 bits per heavy atom. The van der Waals surface area contributed by atoms with Crippen LogP contribution in [-0.4, -0.2) is 20.3 Å². The van der Waals surface area contributed by atoms with E-state index >= 15 is 0 Å². The van der Waals surface area contributed by atoms with E-state index in [1.54, 1.807) is 0 Å². The number of para-hydroxylation sites is 2. The minimum atomic E-state index is 0.314. The Labute approximate surface area is 119 Å². The lowest BCUT2D eigenvalue weighted by atomic mass is 10.0. The fraction of sp³-hybridized carbons (Fsp3) is 0.294. The molecule has 0 saturated carbocycles. The summed E-state index contributed by atoms with van der Waals surface area (Å²) >= 11 is 0. The summed E-state index contributed by atoms with van der Waals surface area (Å²) in [4.78, 5) is 0. The molecule has 0 aromatic heterocycles. The Hall–Kier alpha value is -2.00. The second kappa shape index (κ2) is 5.97. The van der Waals surface area contributed by atoms with Crippen molar-refractivity contribution in [2.75, 3.05) is 20.3 Å². The van der Waals surface area contributed by atoms with Gasteiger partial charge in [0.2, 0.25) is 0 Å². The van der Waals surface area contributed by atoms with E-state index in [-0.39, 0.29) is 0 Å². The summed E-state index contributed by atoms with van der Waals surface area (Å²) < 4.78 is 11.7. The molecule has 0 radical (unpaired) electrons. The van der Waals surface area contributed by atoms with Crippen LogP contribution in [0, 0.1) is 0 Å². The Morgan fingerprint density at radius 2 is 1.95 bits per heavy atom. The van der Waals surface area contributed by atoms with Crippen molar-refractivity contribution in [2.24, 2.45) is 0 Å². The van der Waals surface area contributed by atoms with Gasteiger partial charge in [-0.15, -0.1) is 0 Å². The maximum Gasteiger partial charge on any atom is 0.123 e. The lowest BCUT2D eigenvalue weighted by Crippen LogP contribution is -2.13. The molecule has 0 bridgehead atoms. The van der Waals surface area contributed by atoms with Crippen molar-refractivity contribution in [1.82, 2.24) is 5.32 Å². The Bertz CT molecular complexity index is 583. The van der Waals surface area contributed by atoms with Crippen LogP contribution >= 0.6 is 0 Å². The van der Waals surface area contributed by atoms with Gasteiger partial charge in [-0.3, -0.25) is 0 Å². The van der Waals surface area contributed by atoms with Crippen LogP contribution in [0.25, 0.3) is 0 Å². The lowest BCUT2D eigenvalue weighted by molar-refractivity contribution is 0.246. The van der Waals surface area contributed by atoms with E-state index in [1.165, 1.54) is 11.1 Å². The van der Waals surface area contributed by atoms with Crippen molar-refractivity contribution in [3.8, 4) is 11.5 Å². The molecule has 104 valence electrons. The quantitative estimate of drug-likeness (QED) is 0.905. The molecule has 2 aromatic carbocycles. The number of hydrogen-bond acceptors (Lipinski definition) is 3. The van der Waals surface area contributed by atoms with Crippen LogP contribution in [-0.2, 0) is 6.54 Å². The fourth-order valence-corrected chi connectivity index (χ4v) is 2.54. The molecule has 3 heteroatoms. The zero-order valence-electron chi connectivity index (χ0n) is 11.6. The Balaban J connectivity index is 1.69. The highest BCUT2D eigenvalue weighted by Crippen LogP contribution is 2.34. The Morgan fingerprint density at radius 3 is 2.85 bits per heavy atom. The summed E-state index contributed by atoms with van der Waals surface area (Å²) in [6.07, 6.45) is 0. The van der Waals surface area contributed by atoms with Gasteiger partial charge in [0.1, 0.15) is 11.5 Å². The first-order valence-electron chi connectivity index (χ1n) is 6.95. The number of rotatable bonds is 5. The van der Waals surface area contributed by atoms with E-state index < -0.39 is 0 Å². The first-order chi connectivity index (χ1) is 9.88. The molecule has 1 unspecified atom stereocenters. The molecular formula is C17H19NO2. The topological polar surface area (TPSA) is 30.5 Å². The molecule has 0 fully saturated rings. The third kappa shape index (κ3) is 2.63. The van der Waals surface area contributed by atoms with Crippen molar-refractivity contribution in [3.05, 3.63) is 59.7 Å². The largest absolute Gasteiger partial charge is 0.493 e. The average Bonchev–Trinajstić information content (AvgIpc) is 2.90. The molecule has 1 N–H and O–H groups in total. The summed E-state index contributed by atoms with van der Waals surface area (Å²) in [6.45, 7) is 2.17. The van der Waals surface area contributed by atoms with Crippen LogP contribution in [0.1, 0.15) is 17.0 Å². The van der Waals surface area contributed by atoms with Gasteiger partial charge in [0, 0.05) is 17.7 Å². The zero-order valence-corrected chi connectivity index (χ0v) is 11.6. The normalized spacial score (nSPS) is 16.6. The van der Waals surface area contributed by atoms with Gasteiger partial charge in [-0.2, -0.15) is 0 Å². The van der Waals surface area contributed by atoms with E-state index in [9.17, 15) is 0 Å². The molecular weight excluding hydrogens is 250 g/mol. The van der Waals surface area contributed by atoms with Crippen molar-refractivity contribution >= 4 is 0 Å². The second-order valence-electron chi connectivity index (χ2n) is 4.99. The van der Waals surface area contributed by atoms with Gasteiger partial charge in [-0.25, -0.2) is 0 Å². The van der Waals surface area contributed by atoms with E-state index in [0.29, 0.717) is 19.1 Å².